The zero-order valence-electron chi connectivity index (χ0n) is 17.8. The lowest BCUT2D eigenvalue weighted by molar-refractivity contribution is 0.102. The molecule has 0 aliphatic carbocycles. The second-order valence-corrected chi connectivity index (χ2v) is 8.82. The normalized spacial score (nSPS) is 10.8. The van der Waals surface area contributed by atoms with Crippen LogP contribution in [0.5, 0.6) is 11.5 Å². The van der Waals surface area contributed by atoms with Gasteiger partial charge in [-0.1, -0.05) is 23.5 Å². The molecule has 2 aromatic carbocycles. The Kier molecular flexibility index (Phi) is 6.57. The van der Waals surface area contributed by atoms with Gasteiger partial charge in [-0.05, 0) is 57.9 Å². The van der Waals surface area contributed by atoms with E-state index in [2.05, 4.69) is 36.1 Å². The highest BCUT2D eigenvalue weighted by Gasteiger charge is 2.18. The maximum Gasteiger partial charge on any atom is 0.257 e. The zero-order chi connectivity index (χ0) is 22.7. The molecule has 1 amide bonds. The molecule has 0 fully saturated rings. The van der Waals surface area contributed by atoms with Gasteiger partial charge in [0.2, 0.25) is 0 Å². The third-order valence-electron chi connectivity index (χ3n) is 4.90. The van der Waals surface area contributed by atoms with Crippen molar-refractivity contribution in [3.8, 4) is 11.5 Å². The number of aromatic nitrogens is 2. The second kappa shape index (κ2) is 9.54. The standard InChI is InChI=1S/C23H21BrN4O3S/c1-28(13-14-4-6-16(30-2)7-5-14)17-8-9-18(31-3)20-21(17)32-23(26-20)27-22(29)15-10-11-25-19(24)12-15/h4-12H,13H2,1-3H3,(H,26,27,29). The van der Waals surface area contributed by atoms with Crippen LogP contribution in [0.25, 0.3) is 10.2 Å². The number of methoxy groups -OCH3 is 2. The van der Waals surface area contributed by atoms with Crippen molar-refractivity contribution >= 4 is 54.2 Å². The van der Waals surface area contributed by atoms with Crippen LogP contribution in [0.15, 0.2) is 59.3 Å². The van der Waals surface area contributed by atoms with E-state index in [1.807, 2.05) is 43.4 Å². The van der Waals surface area contributed by atoms with Gasteiger partial charge >= 0.3 is 0 Å². The topological polar surface area (TPSA) is 76.6 Å². The van der Waals surface area contributed by atoms with Crippen LogP contribution in [0.1, 0.15) is 15.9 Å². The molecule has 32 heavy (non-hydrogen) atoms. The monoisotopic (exact) mass is 512 g/mol. The number of carbonyl (C=O) groups excluding carboxylic acids is 1. The van der Waals surface area contributed by atoms with Crippen LogP contribution in [-0.2, 0) is 6.54 Å². The van der Waals surface area contributed by atoms with Crippen molar-refractivity contribution < 1.29 is 14.3 Å². The number of carbonyl (C=O) groups is 1. The lowest BCUT2D eigenvalue weighted by Crippen LogP contribution is -2.16. The summed E-state index contributed by atoms with van der Waals surface area (Å²) in [6.07, 6.45) is 1.58. The number of hydrogen-bond donors (Lipinski definition) is 1. The van der Waals surface area contributed by atoms with Crippen molar-refractivity contribution in [1.82, 2.24) is 9.97 Å². The maximum atomic E-state index is 12.7. The summed E-state index contributed by atoms with van der Waals surface area (Å²) in [7, 11) is 5.29. The molecule has 0 saturated heterocycles. The Labute approximate surface area is 198 Å². The molecule has 0 radical (unpaired) electrons. The predicted octanol–water partition coefficient (Wildman–Crippen LogP) is 5.36. The van der Waals surface area contributed by atoms with E-state index in [4.69, 9.17) is 9.47 Å². The van der Waals surface area contributed by atoms with E-state index in [-0.39, 0.29) is 5.91 Å². The largest absolute Gasteiger partial charge is 0.497 e. The highest BCUT2D eigenvalue weighted by molar-refractivity contribution is 9.10. The Bertz CT molecular complexity index is 1260. The molecule has 0 aliphatic rings. The molecule has 1 N–H and O–H groups in total. The summed E-state index contributed by atoms with van der Waals surface area (Å²) in [6.45, 7) is 0.704. The van der Waals surface area contributed by atoms with Crippen LogP contribution in [0, 0.1) is 0 Å². The smallest absolute Gasteiger partial charge is 0.257 e. The number of pyridine rings is 1. The number of nitrogens with one attached hydrogen (secondary N) is 1. The highest BCUT2D eigenvalue weighted by atomic mass is 79.9. The van der Waals surface area contributed by atoms with Crippen LogP contribution in [0.4, 0.5) is 10.8 Å². The predicted molar refractivity (Wildman–Crippen MR) is 131 cm³/mol. The van der Waals surface area contributed by atoms with Gasteiger partial charge in [0.25, 0.3) is 5.91 Å². The summed E-state index contributed by atoms with van der Waals surface area (Å²) in [5.41, 5.74) is 3.36. The Balaban J connectivity index is 1.63. The van der Waals surface area contributed by atoms with E-state index in [0.717, 1.165) is 21.7 Å². The van der Waals surface area contributed by atoms with Crippen molar-refractivity contribution in [3.05, 3.63) is 70.5 Å². The average Bonchev–Trinajstić information content (AvgIpc) is 3.22. The van der Waals surface area contributed by atoms with Gasteiger partial charge in [-0.25, -0.2) is 9.97 Å². The fourth-order valence-electron chi connectivity index (χ4n) is 3.29. The van der Waals surface area contributed by atoms with E-state index >= 15 is 0 Å². The van der Waals surface area contributed by atoms with Gasteiger partial charge < -0.3 is 14.4 Å². The van der Waals surface area contributed by atoms with E-state index in [0.29, 0.717) is 33.1 Å². The summed E-state index contributed by atoms with van der Waals surface area (Å²) in [5.74, 6) is 1.23. The van der Waals surface area contributed by atoms with Gasteiger partial charge in [0.1, 0.15) is 21.6 Å². The summed E-state index contributed by atoms with van der Waals surface area (Å²) >= 11 is 4.70. The molecular weight excluding hydrogens is 492 g/mol. The van der Waals surface area contributed by atoms with Gasteiger partial charge in [-0.15, -0.1) is 0 Å². The Morgan fingerprint density at radius 2 is 1.91 bits per heavy atom. The first-order valence-electron chi connectivity index (χ1n) is 9.73. The van der Waals surface area contributed by atoms with Crippen molar-refractivity contribution in [1.29, 1.82) is 0 Å². The lowest BCUT2D eigenvalue weighted by Gasteiger charge is -2.20. The van der Waals surface area contributed by atoms with Crippen LogP contribution >= 0.6 is 27.3 Å². The Morgan fingerprint density at radius 3 is 2.59 bits per heavy atom. The van der Waals surface area contributed by atoms with E-state index in [1.54, 1.807) is 32.5 Å². The van der Waals surface area contributed by atoms with Crippen molar-refractivity contribution in [3.63, 3.8) is 0 Å². The number of ether oxygens (including phenoxy) is 2. The first-order chi connectivity index (χ1) is 15.5. The van der Waals surface area contributed by atoms with E-state index in [9.17, 15) is 4.79 Å². The summed E-state index contributed by atoms with van der Waals surface area (Å²) in [4.78, 5) is 23.5. The van der Waals surface area contributed by atoms with Gasteiger partial charge in [0.15, 0.2) is 5.13 Å². The zero-order valence-corrected chi connectivity index (χ0v) is 20.2. The van der Waals surface area contributed by atoms with E-state index < -0.39 is 0 Å². The molecule has 0 bridgehead atoms. The Morgan fingerprint density at radius 1 is 1.12 bits per heavy atom. The first kappa shape index (κ1) is 22.0. The van der Waals surface area contributed by atoms with Crippen molar-refractivity contribution in [2.45, 2.75) is 6.54 Å². The van der Waals surface area contributed by atoms with Crippen LogP contribution in [-0.4, -0.2) is 37.1 Å². The van der Waals surface area contributed by atoms with Crippen molar-refractivity contribution in [2.75, 3.05) is 31.5 Å². The molecule has 0 spiro atoms. The molecule has 2 heterocycles. The number of anilines is 2. The van der Waals surface area contributed by atoms with Crippen LogP contribution < -0.4 is 19.7 Å². The maximum absolute atomic E-state index is 12.7. The molecule has 0 saturated carbocycles. The molecule has 4 rings (SSSR count). The average molecular weight is 513 g/mol. The minimum absolute atomic E-state index is 0.251. The molecular formula is C23H21BrN4O3S. The molecule has 0 atom stereocenters. The number of nitrogens with zero attached hydrogens (tertiary/aromatic N) is 3. The van der Waals surface area contributed by atoms with Crippen molar-refractivity contribution in [2.24, 2.45) is 0 Å². The number of benzene rings is 2. The number of thiazole rings is 1. The minimum Gasteiger partial charge on any atom is -0.497 e. The van der Waals surface area contributed by atoms with Crippen LogP contribution in [0.2, 0.25) is 0 Å². The number of fused-ring (bicyclic) bond motifs is 1. The number of rotatable bonds is 7. The molecule has 2 aromatic heterocycles. The summed E-state index contributed by atoms with van der Waals surface area (Å²) in [5, 5.41) is 3.39. The molecule has 7 nitrogen and oxygen atoms in total. The summed E-state index contributed by atoms with van der Waals surface area (Å²) in [6, 6.07) is 15.2. The molecule has 164 valence electrons. The summed E-state index contributed by atoms with van der Waals surface area (Å²) < 4.78 is 12.3. The van der Waals surface area contributed by atoms with Gasteiger partial charge in [-0.3, -0.25) is 10.1 Å². The van der Waals surface area contributed by atoms with Gasteiger partial charge in [0.05, 0.1) is 24.6 Å². The molecule has 0 unspecified atom stereocenters. The SMILES string of the molecule is COc1ccc(CN(C)c2ccc(OC)c3nc(NC(=O)c4ccnc(Br)c4)sc23)cc1. The number of halogens is 1. The quantitative estimate of drug-likeness (QED) is 0.336. The molecule has 4 aromatic rings. The first-order valence-corrected chi connectivity index (χ1v) is 11.3. The Hall–Kier alpha value is -3.17. The minimum atomic E-state index is -0.251. The molecule has 0 aliphatic heterocycles. The van der Waals surface area contributed by atoms with Crippen LogP contribution in [0.3, 0.4) is 0 Å². The number of hydrogen-bond acceptors (Lipinski definition) is 7. The highest BCUT2D eigenvalue weighted by Crippen LogP contribution is 2.39. The molecule has 9 heteroatoms. The van der Waals surface area contributed by atoms with Gasteiger partial charge in [-0.2, -0.15) is 0 Å². The second-order valence-electron chi connectivity index (χ2n) is 7.01. The lowest BCUT2D eigenvalue weighted by atomic mass is 10.2. The third kappa shape index (κ3) is 4.68. The fraction of sp³-hybridized carbons (Fsp3) is 0.174. The van der Waals surface area contributed by atoms with E-state index in [1.165, 1.54) is 11.3 Å². The van der Waals surface area contributed by atoms with Gasteiger partial charge in [0, 0.05) is 25.4 Å². The number of amides is 1. The fourth-order valence-corrected chi connectivity index (χ4v) is 4.70. The third-order valence-corrected chi connectivity index (χ3v) is 6.33.